The van der Waals surface area contributed by atoms with E-state index < -0.39 is 5.97 Å². The van der Waals surface area contributed by atoms with Crippen molar-refractivity contribution in [1.29, 1.82) is 0 Å². The van der Waals surface area contributed by atoms with E-state index in [1.807, 2.05) is 16.7 Å². The van der Waals surface area contributed by atoms with Gasteiger partial charge in [0.25, 0.3) is 0 Å². The lowest BCUT2D eigenvalue weighted by molar-refractivity contribution is -0.139. The highest BCUT2D eigenvalue weighted by molar-refractivity contribution is 5.74. The first kappa shape index (κ1) is 19.0. The van der Waals surface area contributed by atoms with Gasteiger partial charge in [0, 0.05) is 25.2 Å². The van der Waals surface area contributed by atoms with Crippen LogP contribution in [-0.4, -0.2) is 65.2 Å². The fourth-order valence-corrected chi connectivity index (χ4v) is 4.19. The lowest BCUT2D eigenvalue weighted by Gasteiger charge is -2.39. The van der Waals surface area contributed by atoms with Crippen molar-refractivity contribution in [3.05, 3.63) is 0 Å². The molecule has 2 N–H and O–H groups in total. The highest BCUT2D eigenvalue weighted by atomic mass is 16.4. The molecule has 6 nitrogen and oxygen atoms in total. The van der Waals surface area contributed by atoms with Crippen LogP contribution in [-0.2, 0) is 4.79 Å². The summed E-state index contributed by atoms with van der Waals surface area (Å²) < 4.78 is 0. The third kappa shape index (κ3) is 5.36. The monoisotopic (exact) mass is 339 g/mol. The summed E-state index contributed by atoms with van der Waals surface area (Å²) in [6.45, 7) is 8.79. The Morgan fingerprint density at radius 3 is 2.46 bits per heavy atom. The Balaban J connectivity index is 1.79. The van der Waals surface area contributed by atoms with Crippen LogP contribution in [0.1, 0.15) is 59.3 Å². The predicted octanol–water partition coefficient (Wildman–Crippen LogP) is 2.54. The third-order valence-corrected chi connectivity index (χ3v) is 5.55. The molecule has 2 rings (SSSR count). The molecule has 0 radical (unpaired) electrons. The molecule has 1 atom stereocenters. The van der Waals surface area contributed by atoms with Gasteiger partial charge in [-0.25, -0.2) is 4.79 Å². The maximum atomic E-state index is 12.5. The molecule has 1 unspecified atom stereocenters. The minimum absolute atomic E-state index is 0.0532. The summed E-state index contributed by atoms with van der Waals surface area (Å²) >= 11 is 0. The van der Waals surface area contributed by atoms with Crippen molar-refractivity contribution in [3.8, 4) is 0 Å². The Labute approximate surface area is 145 Å². The first-order valence-corrected chi connectivity index (χ1v) is 9.32. The highest BCUT2D eigenvalue weighted by Gasteiger charge is 2.31. The molecule has 0 aromatic rings. The summed E-state index contributed by atoms with van der Waals surface area (Å²) in [5.41, 5.74) is 0.321. The fraction of sp³-hybridized carbons (Fsp3) is 0.889. The van der Waals surface area contributed by atoms with Gasteiger partial charge in [0.05, 0.1) is 6.54 Å². The molecular formula is C18H33N3O3. The molecule has 138 valence electrons. The van der Waals surface area contributed by atoms with Crippen molar-refractivity contribution in [3.63, 3.8) is 0 Å². The van der Waals surface area contributed by atoms with Gasteiger partial charge in [-0.2, -0.15) is 0 Å². The summed E-state index contributed by atoms with van der Waals surface area (Å²) in [6.07, 6.45) is 6.25. The largest absolute Gasteiger partial charge is 0.480 e. The second kappa shape index (κ2) is 8.19. The zero-order valence-corrected chi connectivity index (χ0v) is 15.4. The van der Waals surface area contributed by atoms with E-state index in [9.17, 15) is 9.59 Å². The van der Waals surface area contributed by atoms with Crippen molar-refractivity contribution in [2.24, 2.45) is 5.41 Å². The Kier molecular flexibility index (Phi) is 6.49. The smallest absolute Gasteiger partial charge is 0.317 e. The van der Waals surface area contributed by atoms with Crippen LogP contribution in [0.15, 0.2) is 0 Å². The molecule has 24 heavy (non-hydrogen) atoms. The number of urea groups is 1. The maximum Gasteiger partial charge on any atom is 0.317 e. The zero-order valence-electron chi connectivity index (χ0n) is 15.4. The normalized spacial score (nSPS) is 24.8. The second-order valence-electron chi connectivity index (χ2n) is 8.08. The first-order valence-electron chi connectivity index (χ1n) is 9.32. The SMILES string of the molecule is CCN(CC(=O)O)C1CCN(C(=O)NC2CCCC(C)(C)C2)CC1. The van der Waals surface area contributed by atoms with Gasteiger partial charge >= 0.3 is 12.0 Å². The van der Waals surface area contributed by atoms with Crippen LogP contribution < -0.4 is 5.32 Å². The second-order valence-corrected chi connectivity index (χ2v) is 8.08. The molecule has 6 heteroatoms. The number of nitrogens with one attached hydrogen (secondary N) is 1. The number of hydrogen-bond donors (Lipinski definition) is 2. The van der Waals surface area contributed by atoms with E-state index >= 15 is 0 Å². The molecule has 0 spiro atoms. The topological polar surface area (TPSA) is 72.9 Å². The average molecular weight is 339 g/mol. The third-order valence-electron chi connectivity index (χ3n) is 5.55. The minimum atomic E-state index is -0.781. The summed E-state index contributed by atoms with van der Waals surface area (Å²) in [6, 6.07) is 0.610. The van der Waals surface area contributed by atoms with E-state index in [1.54, 1.807) is 0 Å². The van der Waals surface area contributed by atoms with Crippen LogP contribution >= 0.6 is 0 Å². The Bertz CT molecular complexity index is 445. The van der Waals surface area contributed by atoms with Crippen molar-refractivity contribution in [2.45, 2.75) is 71.4 Å². The standard InChI is InChI=1S/C18H33N3O3/c1-4-20(13-16(22)23)15-7-10-21(11-8-15)17(24)19-14-6-5-9-18(2,3)12-14/h14-15H,4-13H2,1-3H3,(H,19,24)(H,22,23). The van der Waals surface area contributed by atoms with Crippen LogP contribution in [0.5, 0.6) is 0 Å². The number of likely N-dealkylation sites (N-methyl/N-ethyl adjacent to an activating group) is 1. The van der Waals surface area contributed by atoms with Gasteiger partial charge in [-0.05, 0) is 44.1 Å². The van der Waals surface area contributed by atoms with Gasteiger partial charge in [0.2, 0.25) is 0 Å². The molecular weight excluding hydrogens is 306 g/mol. The Morgan fingerprint density at radius 2 is 1.92 bits per heavy atom. The summed E-state index contributed by atoms with van der Waals surface area (Å²) in [7, 11) is 0. The molecule has 2 fully saturated rings. The molecule has 1 saturated heterocycles. The van der Waals surface area contributed by atoms with Gasteiger partial charge < -0.3 is 15.3 Å². The number of carboxylic acids is 1. The van der Waals surface area contributed by atoms with Crippen molar-refractivity contribution < 1.29 is 14.7 Å². The number of nitrogens with zero attached hydrogens (tertiary/aromatic N) is 2. The van der Waals surface area contributed by atoms with Crippen LogP contribution in [0.25, 0.3) is 0 Å². The molecule has 0 bridgehead atoms. The van der Waals surface area contributed by atoms with Crippen molar-refractivity contribution in [2.75, 3.05) is 26.2 Å². The lowest BCUT2D eigenvalue weighted by atomic mass is 9.75. The predicted molar refractivity (Wildman–Crippen MR) is 94.0 cm³/mol. The Hall–Kier alpha value is -1.30. The number of piperidine rings is 1. The van der Waals surface area contributed by atoms with Crippen LogP contribution in [0, 0.1) is 5.41 Å². The summed E-state index contributed by atoms with van der Waals surface area (Å²) in [4.78, 5) is 27.3. The number of hydrogen-bond acceptors (Lipinski definition) is 3. The summed E-state index contributed by atoms with van der Waals surface area (Å²) in [5.74, 6) is -0.781. The highest BCUT2D eigenvalue weighted by Crippen LogP contribution is 2.35. The van der Waals surface area contributed by atoms with Gasteiger partial charge in [-0.15, -0.1) is 0 Å². The number of amides is 2. The molecule has 0 aromatic heterocycles. The number of rotatable bonds is 5. The van der Waals surface area contributed by atoms with Gasteiger partial charge in [0.15, 0.2) is 0 Å². The van der Waals surface area contributed by atoms with Gasteiger partial charge in [-0.3, -0.25) is 9.69 Å². The number of aliphatic carboxylic acids is 1. The van der Waals surface area contributed by atoms with E-state index in [-0.39, 0.29) is 24.7 Å². The van der Waals surface area contributed by atoms with Crippen molar-refractivity contribution >= 4 is 12.0 Å². The molecule has 1 aliphatic heterocycles. The van der Waals surface area contributed by atoms with Crippen LogP contribution in [0.4, 0.5) is 4.79 Å². The molecule has 1 aliphatic carbocycles. The Morgan fingerprint density at radius 1 is 1.25 bits per heavy atom. The van der Waals surface area contributed by atoms with E-state index in [0.717, 1.165) is 32.2 Å². The first-order chi connectivity index (χ1) is 11.3. The van der Waals surface area contributed by atoms with Crippen LogP contribution in [0.2, 0.25) is 0 Å². The molecule has 2 aliphatic rings. The number of carbonyl (C=O) groups excluding carboxylic acids is 1. The van der Waals surface area contributed by atoms with E-state index in [1.165, 1.54) is 12.8 Å². The van der Waals surface area contributed by atoms with Gasteiger partial charge in [-0.1, -0.05) is 27.2 Å². The van der Waals surface area contributed by atoms with Crippen molar-refractivity contribution in [1.82, 2.24) is 15.1 Å². The average Bonchev–Trinajstić information content (AvgIpc) is 2.51. The molecule has 1 heterocycles. The minimum Gasteiger partial charge on any atom is -0.480 e. The molecule has 2 amide bonds. The fourth-order valence-electron chi connectivity index (χ4n) is 4.19. The number of likely N-dealkylation sites (tertiary alicyclic amines) is 1. The zero-order chi connectivity index (χ0) is 17.7. The van der Waals surface area contributed by atoms with Gasteiger partial charge in [0.1, 0.15) is 0 Å². The molecule has 1 saturated carbocycles. The van der Waals surface area contributed by atoms with E-state index in [2.05, 4.69) is 19.2 Å². The number of carboxylic acid groups (broad SMARTS) is 1. The van der Waals surface area contributed by atoms with Crippen LogP contribution in [0.3, 0.4) is 0 Å². The maximum absolute atomic E-state index is 12.5. The van der Waals surface area contributed by atoms with E-state index in [4.69, 9.17) is 5.11 Å². The lowest BCUT2D eigenvalue weighted by Crippen LogP contribution is -2.52. The molecule has 0 aromatic carbocycles. The summed E-state index contributed by atoms with van der Waals surface area (Å²) in [5, 5.41) is 12.2. The number of carbonyl (C=O) groups is 2. The van der Waals surface area contributed by atoms with E-state index in [0.29, 0.717) is 18.5 Å². The quantitative estimate of drug-likeness (QED) is 0.807.